The lowest BCUT2D eigenvalue weighted by molar-refractivity contribution is -0.116. The summed E-state index contributed by atoms with van der Waals surface area (Å²) in [5, 5.41) is 3.42. The molecule has 0 saturated heterocycles. The van der Waals surface area contributed by atoms with Gasteiger partial charge in [-0.25, -0.2) is 0 Å². The van der Waals surface area contributed by atoms with Crippen molar-refractivity contribution in [3.8, 4) is 11.5 Å². The van der Waals surface area contributed by atoms with E-state index in [2.05, 4.69) is 29.6 Å². The Hall–Kier alpha value is -2.75. The summed E-state index contributed by atoms with van der Waals surface area (Å²) in [6.45, 7) is 1.90. The number of benzene rings is 2. The van der Waals surface area contributed by atoms with Crippen molar-refractivity contribution in [2.24, 2.45) is 0 Å². The quantitative estimate of drug-likeness (QED) is 0.838. The molecular formula is C23H25NO3. The van der Waals surface area contributed by atoms with Crippen molar-refractivity contribution in [2.45, 2.75) is 45.1 Å². The summed E-state index contributed by atoms with van der Waals surface area (Å²) in [6, 6.07) is 14.4. The van der Waals surface area contributed by atoms with Crippen LogP contribution in [0.5, 0.6) is 11.5 Å². The van der Waals surface area contributed by atoms with Crippen LogP contribution in [0.1, 0.15) is 37.3 Å². The summed E-state index contributed by atoms with van der Waals surface area (Å²) in [5.74, 6) is 1.69. The van der Waals surface area contributed by atoms with Gasteiger partial charge in [-0.1, -0.05) is 24.3 Å². The number of nitrogens with one attached hydrogen (secondary N) is 1. The molecular weight excluding hydrogens is 338 g/mol. The van der Waals surface area contributed by atoms with Crippen molar-refractivity contribution in [2.75, 3.05) is 12.4 Å². The topological polar surface area (TPSA) is 47.6 Å². The van der Waals surface area contributed by atoms with Crippen molar-refractivity contribution in [3.05, 3.63) is 64.9 Å². The first-order chi connectivity index (χ1) is 13.1. The molecule has 0 atom stereocenters. The molecule has 0 bridgehead atoms. The van der Waals surface area contributed by atoms with Crippen LogP contribution < -0.4 is 14.8 Å². The lowest BCUT2D eigenvalue weighted by Crippen LogP contribution is -2.17. The van der Waals surface area contributed by atoms with E-state index < -0.39 is 0 Å². The van der Waals surface area contributed by atoms with Gasteiger partial charge in [0.25, 0.3) is 0 Å². The van der Waals surface area contributed by atoms with Crippen molar-refractivity contribution in [3.63, 3.8) is 0 Å². The third kappa shape index (κ3) is 3.70. The molecule has 2 aromatic carbocycles. The summed E-state index contributed by atoms with van der Waals surface area (Å²) in [7, 11) is 1.66. The number of rotatable bonds is 5. The minimum atomic E-state index is 0.115. The van der Waals surface area contributed by atoms with E-state index in [4.69, 9.17) is 9.47 Å². The first-order valence-electron chi connectivity index (χ1n) is 9.55. The second kappa shape index (κ2) is 7.47. The van der Waals surface area contributed by atoms with Gasteiger partial charge in [0.15, 0.2) is 17.3 Å². The van der Waals surface area contributed by atoms with E-state index in [0.29, 0.717) is 6.42 Å². The highest BCUT2D eigenvalue weighted by atomic mass is 16.5. The van der Waals surface area contributed by atoms with Gasteiger partial charge in [0.2, 0.25) is 0 Å². The molecule has 0 heterocycles. The fourth-order valence-electron chi connectivity index (χ4n) is 3.93. The predicted octanol–water partition coefficient (Wildman–Crippen LogP) is 4.68. The largest absolute Gasteiger partial charge is 0.493 e. The number of Topliss-reactive ketones (excluding diaryl/α,β-unsaturated/α-hetero) is 1. The van der Waals surface area contributed by atoms with E-state index in [1.54, 1.807) is 7.11 Å². The van der Waals surface area contributed by atoms with E-state index in [-0.39, 0.29) is 11.9 Å². The average molecular weight is 363 g/mol. The average Bonchev–Trinajstić information content (AvgIpc) is 3.08. The summed E-state index contributed by atoms with van der Waals surface area (Å²) in [6.07, 6.45) is 4.39. The third-order valence-corrected chi connectivity index (χ3v) is 5.47. The standard InChI is InChI=1S/C23H25NO3/c1-15-20(8-5-9-21(15)25)24-18-10-11-22(26-2)23(14-18)27-19-12-16-6-3-4-7-17(16)13-19/h3-4,6-7,10-11,14,19,24H,5,8-9,12-13H2,1-2H3. The van der Waals surface area contributed by atoms with Crippen molar-refractivity contribution < 1.29 is 14.3 Å². The molecule has 140 valence electrons. The van der Waals surface area contributed by atoms with Gasteiger partial charge in [0.05, 0.1) is 7.11 Å². The van der Waals surface area contributed by atoms with Crippen LogP contribution in [0.25, 0.3) is 0 Å². The Morgan fingerprint density at radius 3 is 2.44 bits per heavy atom. The normalized spacial score (nSPS) is 17.0. The van der Waals surface area contributed by atoms with E-state index in [1.165, 1.54) is 11.1 Å². The van der Waals surface area contributed by atoms with E-state index in [1.807, 2.05) is 25.1 Å². The second-order valence-corrected chi connectivity index (χ2v) is 7.29. The maximum absolute atomic E-state index is 12.0. The van der Waals surface area contributed by atoms with Crippen LogP contribution >= 0.6 is 0 Å². The number of carbonyl (C=O) groups is 1. The molecule has 0 unspecified atom stereocenters. The Bertz CT molecular complexity index is 875. The van der Waals surface area contributed by atoms with Gasteiger partial charge in [-0.3, -0.25) is 4.79 Å². The van der Waals surface area contributed by atoms with Gasteiger partial charge in [0, 0.05) is 42.3 Å². The summed E-state index contributed by atoms with van der Waals surface area (Å²) in [5.41, 5.74) is 5.49. The van der Waals surface area contributed by atoms with Gasteiger partial charge < -0.3 is 14.8 Å². The number of hydrogen-bond donors (Lipinski definition) is 1. The molecule has 0 fully saturated rings. The number of ether oxygens (including phenoxy) is 2. The van der Waals surface area contributed by atoms with Crippen LogP contribution in [-0.4, -0.2) is 19.0 Å². The van der Waals surface area contributed by atoms with Gasteiger partial charge in [-0.15, -0.1) is 0 Å². The molecule has 0 saturated carbocycles. The Morgan fingerprint density at radius 1 is 1.00 bits per heavy atom. The molecule has 0 amide bonds. The van der Waals surface area contributed by atoms with Gasteiger partial charge >= 0.3 is 0 Å². The fourth-order valence-corrected chi connectivity index (χ4v) is 3.93. The molecule has 0 aliphatic heterocycles. The maximum atomic E-state index is 12.0. The molecule has 4 nitrogen and oxygen atoms in total. The molecule has 0 aromatic heterocycles. The van der Waals surface area contributed by atoms with Gasteiger partial charge in [-0.2, -0.15) is 0 Å². The van der Waals surface area contributed by atoms with Crippen LogP contribution in [0, 0.1) is 0 Å². The second-order valence-electron chi connectivity index (χ2n) is 7.29. The van der Waals surface area contributed by atoms with Crippen LogP contribution in [0.3, 0.4) is 0 Å². The fraction of sp³-hybridized carbons (Fsp3) is 0.348. The molecule has 27 heavy (non-hydrogen) atoms. The third-order valence-electron chi connectivity index (χ3n) is 5.47. The lowest BCUT2D eigenvalue weighted by Gasteiger charge is -2.20. The van der Waals surface area contributed by atoms with Crippen LogP contribution in [0.15, 0.2) is 53.7 Å². The molecule has 1 N–H and O–H groups in total. The first-order valence-corrected chi connectivity index (χ1v) is 9.55. The SMILES string of the molecule is COc1ccc(NC2=C(C)C(=O)CCC2)cc1OC1Cc2ccccc2C1. The highest BCUT2D eigenvalue weighted by Crippen LogP contribution is 2.35. The molecule has 2 aliphatic rings. The van der Waals surface area contributed by atoms with Crippen molar-refractivity contribution >= 4 is 11.5 Å². The number of fused-ring (bicyclic) bond motifs is 1. The number of methoxy groups -OCH3 is 1. The van der Waals surface area contributed by atoms with Crippen LogP contribution in [0.4, 0.5) is 5.69 Å². The van der Waals surface area contributed by atoms with Crippen molar-refractivity contribution in [1.29, 1.82) is 0 Å². The Balaban J connectivity index is 1.53. The molecule has 4 rings (SSSR count). The highest BCUT2D eigenvalue weighted by molar-refractivity contribution is 5.96. The molecule has 0 spiro atoms. The number of allylic oxidation sites excluding steroid dienone is 2. The summed E-state index contributed by atoms with van der Waals surface area (Å²) >= 11 is 0. The Kier molecular flexibility index (Phi) is 4.88. The highest BCUT2D eigenvalue weighted by Gasteiger charge is 2.24. The Morgan fingerprint density at radius 2 is 1.74 bits per heavy atom. The van der Waals surface area contributed by atoms with E-state index in [9.17, 15) is 4.79 Å². The zero-order valence-electron chi connectivity index (χ0n) is 15.9. The van der Waals surface area contributed by atoms with E-state index >= 15 is 0 Å². The van der Waals surface area contributed by atoms with Crippen LogP contribution in [0.2, 0.25) is 0 Å². The number of carbonyl (C=O) groups excluding carboxylic acids is 1. The smallest absolute Gasteiger partial charge is 0.163 e. The molecule has 4 heteroatoms. The monoisotopic (exact) mass is 363 g/mol. The summed E-state index contributed by atoms with van der Waals surface area (Å²) < 4.78 is 11.8. The minimum absolute atomic E-state index is 0.115. The van der Waals surface area contributed by atoms with Crippen LogP contribution in [-0.2, 0) is 17.6 Å². The number of ketones is 1. The van der Waals surface area contributed by atoms with E-state index in [0.717, 1.165) is 54.1 Å². The predicted molar refractivity (Wildman–Crippen MR) is 106 cm³/mol. The molecule has 2 aromatic rings. The minimum Gasteiger partial charge on any atom is -0.493 e. The Labute approximate surface area is 160 Å². The zero-order chi connectivity index (χ0) is 18.8. The van der Waals surface area contributed by atoms with Gasteiger partial charge in [-0.05, 0) is 43.0 Å². The molecule has 2 aliphatic carbocycles. The van der Waals surface area contributed by atoms with Gasteiger partial charge in [0.1, 0.15) is 6.10 Å². The maximum Gasteiger partial charge on any atom is 0.163 e. The first kappa shape index (κ1) is 17.7. The lowest BCUT2D eigenvalue weighted by atomic mass is 9.96. The zero-order valence-corrected chi connectivity index (χ0v) is 15.9. The van der Waals surface area contributed by atoms with Crippen molar-refractivity contribution in [1.82, 2.24) is 0 Å². The summed E-state index contributed by atoms with van der Waals surface area (Å²) in [4.78, 5) is 12.0. The molecule has 0 radical (unpaired) electrons. The number of hydrogen-bond acceptors (Lipinski definition) is 4. The number of anilines is 1.